The highest BCUT2D eigenvalue weighted by molar-refractivity contribution is 5.12. The maximum absolute atomic E-state index is 4.16. The maximum atomic E-state index is 4.16. The molecule has 2 heterocycles. The van der Waals surface area contributed by atoms with Crippen LogP contribution >= 0.6 is 0 Å². The van der Waals surface area contributed by atoms with Gasteiger partial charge in [-0.2, -0.15) is 5.10 Å². The number of aryl methyl sites for hydroxylation is 1. The summed E-state index contributed by atoms with van der Waals surface area (Å²) in [4.78, 5) is 8.25. The summed E-state index contributed by atoms with van der Waals surface area (Å²) in [5.74, 6) is 0.927. The summed E-state index contributed by atoms with van der Waals surface area (Å²) in [6, 6.07) is 4.25. The van der Waals surface area contributed by atoms with E-state index in [2.05, 4.69) is 33.4 Å². The molecule has 0 aliphatic rings. The Morgan fingerprint density at radius 3 is 3.00 bits per heavy atom. The van der Waals surface area contributed by atoms with E-state index in [4.69, 9.17) is 0 Å². The summed E-state index contributed by atoms with van der Waals surface area (Å²) < 4.78 is 1.77. The molecule has 0 amide bonds. The van der Waals surface area contributed by atoms with Gasteiger partial charge in [0.1, 0.15) is 12.2 Å². The fourth-order valence-corrected chi connectivity index (χ4v) is 1.47. The molecular weight excluding hydrogens is 202 g/mol. The van der Waals surface area contributed by atoms with Gasteiger partial charge in [0, 0.05) is 25.5 Å². The Balaban J connectivity index is 1.94. The Kier molecular flexibility index (Phi) is 3.26. The zero-order valence-electron chi connectivity index (χ0n) is 9.46. The maximum Gasteiger partial charge on any atom is 0.140 e. The van der Waals surface area contributed by atoms with E-state index in [1.54, 1.807) is 17.2 Å². The Bertz CT molecular complexity index is 437. The molecule has 0 fully saturated rings. The van der Waals surface area contributed by atoms with Gasteiger partial charge in [0.2, 0.25) is 0 Å². The van der Waals surface area contributed by atoms with Crippen LogP contribution in [0.1, 0.15) is 24.4 Å². The van der Waals surface area contributed by atoms with Crippen LogP contribution in [0.3, 0.4) is 0 Å². The minimum absolute atomic E-state index is 0.255. The Morgan fingerprint density at radius 2 is 2.38 bits per heavy atom. The highest BCUT2D eigenvalue weighted by Crippen LogP contribution is 2.10. The van der Waals surface area contributed by atoms with E-state index >= 15 is 0 Å². The van der Waals surface area contributed by atoms with Crippen LogP contribution in [0.15, 0.2) is 30.9 Å². The van der Waals surface area contributed by atoms with E-state index in [9.17, 15) is 0 Å². The lowest BCUT2D eigenvalue weighted by atomic mass is 10.1. The van der Waals surface area contributed by atoms with Gasteiger partial charge in [0.05, 0.1) is 6.54 Å². The predicted octanol–water partition coefficient (Wildman–Crippen LogP) is 1.06. The first-order chi connectivity index (χ1) is 7.77. The predicted molar refractivity (Wildman–Crippen MR) is 60.5 cm³/mol. The van der Waals surface area contributed by atoms with Crippen molar-refractivity contribution in [2.45, 2.75) is 19.5 Å². The van der Waals surface area contributed by atoms with Crippen molar-refractivity contribution in [2.24, 2.45) is 7.05 Å². The molecule has 0 radical (unpaired) electrons. The van der Waals surface area contributed by atoms with E-state index in [-0.39, 0.29) is 6.04 Å². The fraction of sp³-hybridized carbons (Fsp3) is 0.364. The molecule has 2 rings (SSSR count). The number of hydrogen-bond donors (Lipinski definition) is 1. The summed E-state index contributed by atoms with van der Waals surface area (Å²) in [5.41, 5.74) is 1.17. The van der Waals surface area contributed by atoms with Crippen molar-refractivity contribution in [2.75, 3.05) is 0 Å². The van der Waals surface area contributed by atoms with Crippen molar-refractivity contribution in [3.63, 3.8) is 0 Å². The first-order valence-corrected chi connectivity index (χ1v) is 5.23. The molecule has 84 valence electrons. The second-order valence-electron chi connectivity index (χ2n) is 3.69. The normalized spacial score (nSPS) is 12.6. The summed E-state index contributed by atoms with van der Waals surface area (Å²) in [6.45, 7) is 2.81. The van der Waals surface area contributed by atoms with Crippen molar-refractivity contribution >= 4 is 0 Å². The standard InChI is InChI=1S/C11H15N5/c1-9(10-4-3-5-12-6-10)13-7-11-14-8-15-16(11)2/h3-6,8-9,13H,7H2,1-2H3. The Labute approximate surface area is 94.5 Å². The number of pyridine rings is 1. The van der Waals surface area contributed by atoms with Crippen LogP contribution in [0.4, 0.5) is 0 Å². The largest absolute Gasteiger partial charge is 0.303 e. The minimum Gasteiger partial charge on any atom is -0.303 e. The lowest BCUT2D eigenvalue weighted by Crippen LogP contribution is -2.20. The molecule has 0 aromatic carbocycles. The molecule has 1 N–H and O–H groups in total. The van der Waals surface area contributed by atoms with E-state index in [0.717, 1.165) is 5.82 Å². The Hall–Kier alpha value is -1.75. The van der Waals surface area contributed by atoms with Gasteiger partial charge in [0.25, 0.3) is 0 Å². The number of rotatable bonds is 4. The average molecular weight is 217 g/mol. The van der Waals surface area contributed by atoms with Crippen LogP contribution in [0.2, 0.25) is 0 Å². The van der Waals surface area contributed by atoms with Crippen LogP contribution in [-0.4, -0.2) is 19.7 Å². The van der Waals surface area contributed by atoms with Crippen LogP contribution in [0.5, 0.6) is 0 Å². The van der Waals surface area contributed by atoms with Gasteiger partial charge in [-0.05, 0) is 18.6 Å². The van der Waals surface area contributed by atoms with E-state index in [1.165, 1.54) is 5.56 Å². The van der Waals surface area contributed by atoms with Gasteiger partial charge >= 0.3 is 0 Å². The summed E-state index contributed by atoms with van der Waals surface area (Å²) in [5, 5.41) is 7.40. The van der Waals surface area contributed by atoms with Gasteiger partial charge < -0.3 is 5.32 Å². The third-order valence-electron chi connectivity index (χ3n) is 2.56. The smallest absolute Gasteiger partial charge is 0.140 e. The zero-order valence-corrected chi connectivity index (χ0v) is 9.46. The van der Waals surface area contributed by atoms with Crippen LogP contribution in [-0.2, 0) is 13.6 Å². The highest BCUT2D eigenvalue weighted by atomic mass is 15.3. The van der Waals surface area contributed by atoms with Crippen molar-refractivity contribution in [3.8, 4) is 0 Å². The van der Waals surface area contributed by atoms with Gasteiger partial charge in [-0.1, -0.05) is 6.07 Å². The number of aromatic nitrogens is 4. The summed E-state index contributed by atoms with van der Waals surface area (Å²) >= 11 is 0. The topological polar surface area (TPSA) is 55.6 Å². The molecule has 5 heteroatoms. The van der Waals surface area contributed by atoms with Crippen molar-refractivity contribution in [1.29, 1.82) is 0 Å². The molecular formula is C11H15N5. The third-order valence-corrected chi connectivity index (χ3v) is 2.56. The molecule has 0 bridgehead atoms. The minimum atomic E-state index is 0.255. The van der Waals surface area contributed by atoms with Gasteiger partial charge in [-0.3, -0.25) is 9.67 Å². The quantitative estimate of drug-likeness (QED) is 0.832. The molecule has 0 saturated carbocycles. The first-order valence-electron chi connectivity index (χ1n) is 5.23. The molecule has 2 aromatic rings. The molecule has 0 aliphatic carbocycles. The third kappa shape index (κ3) is 2.43. The lowest BCUT2D eigenvalue weighted by molar-refractivity contribution is 0.539. The second-order valence-corrected chi connectivity index (χ2v) is 3.69. The number of nitrogens with one attached hydrogen (secondary N) is 1. The fourth-order valence-electron chi connectivity index (χ4n) is 1.47. The Morgan fingerprint density at radius 1 is 1.50 bits per heavy atom. The lowest BCUT2D eigenvalue weighted by Gasteiger charge is -2.12. The summed E-state index contributed by atoms with van der Waals surface area (Å²) in [7, 11) is 1.89. The van der Waals surface area contributed by atoms with Gasteiger partial charge in [-0.25, -0.2) is 4.98 Å². The van der Waals surface area contributed by atoms with E-state index in [1.807, 2.05) is 19.3 Å². The van der Waals surface area contributed by atoms with E-state index in [0.29, 0.717) is 6.54 Å². The zero-order chi connectivity index (χ0) is 11.4. The second kappa shape index (κ2) is 4.85. The molecule has 1 atom stereocenters. The van der Waals surface area contributed by atoms with Crippen molar-refractivity contribution in [1.82, 2.24) is 25.1 Å². The first kappa shape index (κ1) is 10.8. The number of hydrogen-bond acceptors (Lipinski definition) is 4. The van der Waals surface area contributed by atoms with Crippen molar-refractivity contribution < 1.29 is 0 Å². The molecule has 2 aromatic heterocycles. The van der Waals surface area contributed by atoms with Gasteiger partial charge in [0.15, 0.2) is 0 Å². The van der Waals surface area contributed by atoms with E-state index < -0.39 is 0 Å². The molecule has 16 heavy (non-hydrogen) atoms. The number of nitrogens with zero attached hydrogens (tertiary/aromatic N) is 4. The molecule has 1 unspecified atom stereocenters. The molecule has 0 spiro atoms. The van der Waals surface area contributed by atoms with Crippen LogP contribution < -0.4 is 5.32 Å². The monoisotopic (exact) mass is 217 g/mol. The SMILES string of the molecule is CC(NCc1ncnn1C)c1cccnc1. The molecule has 0 aliphatic heterocycles. The molecule has 0 saturated heterocycles. The van der Waals surface area contributed by atoms with Crippen LogP contribution in [0.25, 0.3) is 0 Å². The molecule has 5 nitrogen and oxygen atoms in total. The average Bonchev–Trinajstić information content (AvgIpc) is 2.73. The van der Waals surface area contributed by atoms with Crippen molar-refractivity contribution in [3.05, 3.63) is 42.2 Å². The summed E-state index contributed by atoms with van der Waals surface area (Å²) in [6.07, 6.45) is 5.21. The highest BCUT2D eigenvalue weighted by Gasteiger charge is 2.06. The van der Waals surface area contributed by atoms with Gasteiger partial charge in [-0.15, -0.1) is 0 Å². The van der Waals surface area contributed by atoms with Crippen LogP contribution in [0, 0.1) is 0 Å².